The molecule has 1 aliphatic heterocycles. The van der Waals surface area contributed by atoms with Crippen LogP contribution in [0.4, 0.5) is 5.82 Å². The molecule has 0 radical (unpaired) electrons. The molecule has 32 heavy (non-hydrogen) atoms. The lowest BCUT2D eigenvalue weighted by Crippen LogP contribution is -2.42. The minimum atomic E-state index is -0.693. The Balaban J connectivity index is 1.55. The molecular weight excluding hydrogens is 430 g/mol. The molecule has 3 aromatic rings. The van der Waals surface area contributed by atoms with E-state index in [1.807, 2.05) is 30.3 Å². The second-order valence-electron chi connectivity index (χ2n) is 7.11. The van der Waals surface area contributed by atoms with Gasteiger partial charge >= 0.3 is 5.69 Å². The highest BCUT2D eigenvalue weighted by atomic mass is 32.2. The van der Waals surface area contributed by atoms with Gasteiger partial charge in [-0.15, -0.1) is 0 Å². The van der Waals surface area contributed by atoms with Crippen LogP contribution in [0.2, 0.25) is 0 Å². The Labute approximate surface area is 187 Å². The predicted octanol–water partition coefficient (Wildman–Crippen LogP) is 1.49. The number of carbonyl (C=O) groups excluding carboxylic acids is 1. The van der Waals surface area contributed by atoms with Crippen molar-refractivity contribution in [2.24, 2.45) is 12.0 Å². The van der Waals surface area contributed by atoms with Crippen LogP contribution in [0, 0.1) is 0 Å². The lowest BCUT2D eigenvalue weighted by Gasteiger charge is -2.20. The Hall–Kier alpha value is -3.66. The van der Waals surface area contributed by atoms with Crippen LogP contribution in [0.5, 0.6) is 5.88 Å². The van der Waals surface area contributed by atoms with Gasteiger partial charge in [0.2, 0.25) is 11.8 Å². The monoisotopic (exact) mass is 451 g/mol. The summed E-state index contributed by atoms with van der Waals surface area (Å²) in [4.78, 5) is 47.2. The fourth-order valence-corrected chi connectivity index (χ4v) is 4.33. The summed E-state index contributed by atoms with van der Waals surface area (Å²) in [5.41, 5.74) is 0.754. The van der Waals surface area contributed by atoms with Crippen molar-refractivity contribution in [3.05, 3.63) is 80.6 Å². The highest BCUT2D eigenvalue weighted by molar-refractivity contribution is 8.01. The van der Waals surface area contributed by atoms with E-state index in [0.717, 1.165) is 22.9 Å². The number of pyridine rings is 1. The molecule has 0 saturated carbocycles. The molecule has 9 nitrogen and oxygen atoms in total. The van der Waals surface area contributed by atoms with E-state index in [2.05, 4.69) is 15.3 Å². The van der Waals surface area contributed by atoms with E-state index in [1.54, 1.807) is 25.4 Å². The Kier molecular flexibility index (Phi) is 6.22. The van der Waals surface area contributed by atoms with Crippen molar-refractivity contribution < 1.29 is 9.53 Å². The van der Waals surface area contributed by atoms with Crippen molar-refractivity contribution >= 4 is 29.7 Å². The highest BCUT2D eigenvalue weighted by Gasteiger charge is 2.28. The second kappa shape index (κ2) is 9.23. The molecule has 0 fully saturated rings. The van der Waals surface area contributed by atoms with Crippen molar-refractivity contribution in [2.45, 2.75) is 23.2 Å². The number of nitrogens with one attached hydrogen (secondary N) is 1. The lowest BCUT2D eigenvalue weighted by molar-refractivity contribution is -0.119. The van der Waals surface area contributed by atoms with Crippen LogP contribution in [-0.4, -0.2) is 38.6 Å². The largest absolute Gasteiger partial charge is 0.481 e. The Morgan fingerprint density at radius 2 is 1.97 bits per heavy atom. The summed E-state index contributed by atoms with van der Waals surface area (Å²) in [6.07, 6.45) is 3.05. The van der Waals surface area contributed by atoms with Crippen LogP contribution in [0.3, 0.4) is 0 Å². The number of hydrogen-bond acceptors (Lipinski definition) is 7. The number of aliphatic imine (C=N–C) groups is 1. The van der Waals surface area contributed by atoms with Crippen LogP contribution in [0.25, 0.3) is 0 Å². The van der Waals surface area contributed by atoms with Crippen LogP contribution in [0.15, 0.2) is 68.1 Å². The van der Waals surface area contributed by atoms with Gasteiger partial charge in [-0.3, -0.25) is 18.7 Å². The zero-order chi connectivity index (χ0) is 22.7. The number of amides is 1. The Morgan fingerprint density at radius 3 is 2.72 bits per heavy atom. The number of nitrogens with zero attached hydrogens (tertiary/aromatic N) is 4. The van der Waals surface area contributed by atoms with Gasteiger partial charge in [-0.1, -0.05) is 42.1 Å². The number of aromatic nitrogens is 3. The van der Waals surface area contributed by atoms with Crippen molar-refractivity contribution in [3.63, 3.8) is 0 Å². The van der Waals surface area contributed by atoms with Gasteiger partial charge in [0, 0.05) is 32.1 Å². The predicted molar refractivity (Wildman–Crippen MR) is 122 cm³/mol. The number of methoxy groups -OCH3 is 1. The molecule has 10 heteroatoms. The third-order valence-corrected chi connectivity index (χ3v) is 6.15. The highest BCUT2D eigenvalue weighted by Crippen LogP contribution is 2.32. The fraction of sp³-hybridized carbons (Fsp3) is 0.227. The molecule has 4 rings (SSSR count). The zero-order valence-corrected chi connectivity index (χ0v) is 18.3. The lowest BCUT2D eigenvalue weighted by atomic mass is 10.2. The summed E-state index contributed by atoms with van der Waals surface area (Å²) in [6.45, 7) is 0.422. The molecule has 0 aliphatic carbocycles. The van der Waals surface area contributed by atoms with Crippen molar-refractivity contribution in [1.29, 1.82) is 0 Å². The molecule has 1 amide bonds. The van der Waals surface area contributed by atoms with Crippen LogP contribution in [-0.2, 0) is 24.9 Å². The summed E-state index contributed by atoms with van der Waals surface area (Å²) in [5, 5.41) is 2.15. The molecule has 0 bridgehead atoms. The SMILES string of the molecule is COc1cc(CNC(=O)C2C=Nc3c(c(=O)n(Cc4ccccc4)c(=O)n3C)S2)ccn1. The number of fused-ring (bicyclic) bond motifs is 1. The molecule has 1 N–H and O–H groups in total. The summed E-state index contributed by atoms with van der Waals surface area (Å²) in [5.74, 6) is 0.430. The van der Waals surface area contributed by atoms with Gasteiger partial charge in [0.25, 0.3) is 5.56 Å². The first-order chi connectivity index (χ1) is 15.5. The molecule has 1 aromatic carbocycles. The summed E-state index contributed by atoms with van der Waals surface area (Å²) in [7, 11) is 3.09. The first-order valence-corrected chi connectivity index (χ1v) is 10.7. The van der Waals surface area contributed by atoms with Gasteiger partial charge in [0.15, 0.2) is 5.82 Å². The van der Waals surface area contributed by atoms with Crippen LogP contribution >= 0.6 is 11.8 Å². The molecule has 0 spiro atoms. The van der Waals surface area contributed by atoms with Gasteiger partial charge in [-0.25, -0.2) is 14.8 Å². The summed E-state index contributed by atoms with van der Waals surface area (Å²) < 4.78 is 7.59. The normalized spacial score (nSPS) is 14.6. The molecule has 1 atom stereocenters. The molecule has 164 valence electrons. The van der Waals surface area contributed by atoms with Gasteiger partial charge in [-0.2, -0.15) is 0 Å². The number of rotatable bonds is 6. The summed E-state index contributed by atoms with van der Waals surface area (Å²) >= 11 is 1.09. The molecule has 1 unspecified atom stereocenters. The molecule has 2 aromatic heterocycles. The van der Waals surface area contributed by atoms with Crippen molar-refractivity contribution in [2.75, 3.05) is 7.11 Å². The zero-order valence-electron chi connectivity index (χ0n) is 17.5. The standard InChI is InChI=1S/C22H21N5O4S/c1-26-19-18(21(29)27(22(26)30)13-14-6-4-3-5-7-14)32-16(12-24-19)20(28)25-11-15-8-9-23-17(10-15)31-2/h3-10,12,16H,11,13H2,1-2H3,(H,25,28). The van der Waals surface area contributed by atoms with E-state index in [-0.39, 0.29) is 29.7 Å². The number of ether oxygens (including phenoxy) is 1. The molecule has 1 aliphatic rings. The molecular formula is C22H21N5O4S. The molecule has 3 heterocycles. The fourth-order valence-electron chi connectivity index (χ4n) is 3.26. The minimum Gasteiger partial charge on any atom is -0.481 e. The van der Waals surface area contributed by atoms with Gasteiger partial charge in [0.05, 0.1) is 13.7 Å². The smallest absolute Gasteiger partial charge is 0.332 e. The van der Waals surface area contributed by atoms with Gasteiger partial charge in [0.1, 0.15) is 10.1 Å². The Morgan fingerprint density at radius 1 is 1.19 bits per heavy atom. The second-order valence-corrected chi connectivity index (χ2v) is 8.26. The number of benzene rings is 1. The van der Waals surface area contributed by atoms with E-state index in [0.29, 0.717) is 5.88 Å². The Bertz CT molecular complexity index is 1300. The average Bonchev–Trinajstić information content (AvgIpc) is 2.84. The third kappa shape index (κ3) is 4.35. The van der Waals surface area contributed by atoms with Crippen LogP contribution in [0.1, 0.15) is 11.1 Å². The maximum Gasteiger partial charge on any atom is 0.332 e. The number of hydrogen-bond donors (Lipinski definition) is 1. The van der Waals surface area contributed by atoms with Crippen molar-refractivity contribution in [1.82, 2.24) is 19.4 Å². The van der Waals surface area contributed by atoms with Crippen molar-refractivity contribution in [3.8, 4) is 5.88 Å². The van der Waals surface area contributed by atoms with Crippen LogP contribution < -0.4 is 21.3 Å². The third-order valence-electron chi connectivity index (χ3n) is 4.97. The quantitative estimate of drug-likeness (QED) is 0.609. The first kappa shape index (κ1) is 21.6. The van der Waals surface area contributed by atoms with E-state index in [1.165, 1.54) is 22.5 Å². The molecule has 0 saturated heterocycles. The van der Waals surface area contributed by atoms with Gasteiger partial charge < -0.3 is 10.1 Å². The van der Waals surface area contributed by atoms with E-state index < -0.39 is 16.5 Å². The summed E-state index contributed by atoms with van der Waals surface area (Å²) in [6, 6.07) is 12.8. The van der Waals surface area contributed by atoms with E-state index in [4.69, 9.17) is 4.74 Å². The number of thioether (sulfide) groups is 1. The maximum absolute atomic E-state index is 13.1. The van der Waals surface area contributed by atoms with E-state index >= 15 is 0 Å². The van der Waals surface area contributed by atoms with Gasteiger partial charge in [-0.05, 0) is 17.2 Å². The average molecular weight is 452 g/mol. The van der Waals surface area contributed by atoms with E-state index in [9.17, 15) is 14.4 Å². The topological polar surface area (TPSA) is 108 Å². The first-order valence-electron chi connectivity index (χ1n) is 9.83. The maximum atomic E-state index is 13.1. The number of carbonyl (C=O) groups is 1. The minimum absolute atomic E-state index is 0.143.